The first-order valence-corrected chi connectivity index (χ1v) is 12.3. The summed E-state index contributed by atoms with van der Waals surface area (Å²) in [7, 11) is 0. The summed E-state index contributed by atoms with van der Waals surface area (Å²) in [4.78, 5) is 6.65. The molecule has 0 amide bonds. The molecule has 2 aromatic carbocycles. The number of aromatic hydroxyl groups is 1. The summed E-state index contributed by atoms with van der Waals surface area (Å²) in [5, 5.41) is 11.2. The van der Waals surface area contributed by atoms with Gasteiger partial charge in [0.2, 0.25) is 0 Å². The van der Waals surface area contributed by atoms with E-state index in [4.69, 9.17) is 45.6 Å². The van der Waals surface area contributed by atoms with Crippen LogP contribution in [0.4, 0.5) is 0 Å². The third-order valence-electron chi connectivity index (χ3n) is 5.08. The third-order valence-corrected chi connectivity index (χ3v) is 5.91. The van der Waals surface area contributed by atoms with E-state index in [1.165, 1.54) is 44.5 Å². The number of hydrogen-bond donors (Lipinski definition) is 2. The van der Waals surface area contributed by atoms with Crippen LogP contribution < -0.4 is 5.73 Å². The zero-order chi connectivity index (χ0) is 23.2. The number of nitrogens with zero attached hydrogens (tertiary/aromatic N) is 2. The Kier molecular flexibility index (Phi) is 12.8. The van der Waals surface area contributed by atoms with Crippen LogP contribution in [0.5, 0.6) is 5.75 Å². The average Bonchev–Trinajstić information content (AvgIpc) is 2.81. The number of aromatic nitrogens is 1. The number of likely N-dealkylation sites (tertiary alicyclic amines) is 1. The zero-order valence-electron chi connectivity index (χ0n) is 18.3. The molecule has 1 fully saturated rings. The Morgan fingerprint density at radius 2 is 1.69 bits per heavy atom. The van der Waals surface area contributed by atoms with Crippen LogP contribution in [0.25, 0.3) is 10.9 Å². The lowest BCUT2D eigenvalue weighted by Gasteiger charge is -2.25. The summed E-state index contributed by atoms with van der Waals surface area (Å²) < 4.78 is 0. The first kappa shape index (κ1) is 26.7. The van der Waals surface area contributed by atoms with E-state index in [1.807, 2.05) is 18.2 Å². The Morgan fingerprint density at radius 3 is 2.34 bits per heavy atom. The summed E-state index contributed by atoms with van der Waals surface area (Å²) in [6.07, 6.45) is 7.91. The van der Waals surface area contributed by atoms with Crippen molar-refractivity contribution in [3.63, 3.8) is 0 Å². The van der Waals surface area contributed by atoms with E-state index in [9.17, 15) is 0 Å². The molecule has 32 heavy (non-hydrogen) atoms. The molecule has 1 saturated heterocycles. The molecule has 0 saturated carbocycles. The first-order chi connectivity index (χ1) is 15.5. The average molecular weight is 497 g/mol. The summed E-state index contributed by atoms with van der Waals surface area (Å²) >= 11 is 17.3. The molecule has 0 bridgehead atoms. The van der Waals surface area contributed by atoms with Gasteiger partial charge < -0.3 is 15.7 Å². The normalized spacial score (nSPS) is 13.6. The van der Waals surface area contributed by atoms with Crippen molar-refractivity contribution in [1.82, 2.24) is 9.88 Å². The van der Waals surface area contributed by atoms with Crippen LogP contribution in [0.15, 0.2) is 54.7 Å². The van der Waals surface area contributed by atoms with Crippen LogP contribution >= 0.6 is 34.8 Å². The molecule has 2 heterocycles. The minimum atomic E-state index is 0.306. The largest absolute Gasteiger partial charge is 0.508 e. The number of piperidine rings is 1. The van der Waals surface area contributed by atoms with Crippen LogP contribution in [0.3, 0.4) is 0 Å². The van der Waals surface area contributed by atoms with E-state index < -0.39 is 0 Å². The molecule has 4 nitrogen and oxygen atoms in total. The topological polar surface area (TPSA) is 62.4 Å². The third kappa shape index (κ3) is 9.93. The predicted molar refractivity (Wildman–Crippen MR) is 138 cm³/mol. The van der Waals surface area contributed by atoms with E-state index in [0.29, 0.717) is 22.3 Å². The molecule has 0 spiro atoms. The highest BCUT2D eigenvalue weighted by atomic mass is 35.5. The van der Waals surface area contributed by atoms with Gasteiger partial charge in [-0.3, -0.25) is 4.98 Å². The minimum Gasteiger partial charge on any atom is -0.508 e. The molecule has 174 valence electrons. The minimum absolute atomic E-state index is 0.306. The van der Waals surface area contributed by atoms with Crippen molar-refractivity contribution in [2.75, 3.05) is 32.1 Å². The Morgan fingerprint density at radius 1 is 0.969 bits per heavy atom. The number of benzene rings is 2. The van der Waals surface area contributed by atoms with E-state index in [-0.39, 0.29) is 0 Å². The molecule has 0 radical (unpaired) electrons. The number of fused-ring (bicyclic) bond motifs is 1. The predicted octanol–water partition coefficient (Wildman–Crippen LogP) is 6.54. The fourth-order valence-electron chi connectivity index (χ4n) is 3.38. The highest BCUT2D eigenvalue weighted by Gasteiger charge is 2.08. The highest BCUT2D eigenvalue weighted by molar-refractivity contribution is 6.36. The molecule has 7 heteroatoms. The Hall–Kier alpha value is -1.56. The lowest BCUT2D eigenvalue weighted by Crippen LogP contribution is -2.30. The van der Waals surface area contributed by atoms with Crippen LogP contribution in [-0.2, 0) is 6.42 Å². The lowest BCUT2D eigenvalue weighted by atomic mass is 10.1. The monoisotopic (exact) mass is 495 g/mol. The van der Waals surface area contributed by atoms with Crippen molar-refractivity contribution in [3.05, 3.63) is 70.3 Å². The maximum atomic E-state index is 8.89. The summed E-state index contributed by atoms with van der Waals surface area (Å²) in [5.74, 6) is 1.12. The molecular formula is C25H32Cl3N3O. The van der Waals surface area contributed by atoms with Crippen molar-refractivity contribution in [1.29, 1.82) is 0 Å². The van der Waals surface area contributed by atoms with Gasteiger partial charge >= 0.3 is 0 Å². The number of pyridine rings is 1. The van der Waals surface area contributed by atoms with Gasteiger partial charge in [0.05, 0.1) is 10.5 Å². The fraction of sp³-hybridized carbons (Fsp3) is 0.400. The van der Waals surface area contributed by atoms with Crippen LogP contribution in [0.2, 0.25) is 10.0 Å². The van der Waals surface area contributed by atoms with Crippen molar-refractivity contribution < 1.29 is 5.11 Å². The summed E-state index contributed by atoms with van der Waals surface area (Å²) in [5.41, 5.74) is 7.33. The number of phenolic OH excluding ortho intramolecular Hbond substituents is 1. The molecule has 0 unspecified atom stereocenters. The van der Waals surface area contributed by atoms with Gasteiger partial charge in [0.1, 0.15) is 5.75 Å². The second kappa shape index (κ2) is 15.3. The van der Waals surface area contributed by atoms with Gasteiger partial charge in [-0.25, -0.2) is 0 Å². The molecule has 4 rings (SSSR count). The molecule has 3 aromatic rings. The SMILES string of the molecule is ClCCCN1CCCCC1.Clc1ccc2c(Cl)ccnc2c1.NCCc1ccc(O)cc1. The summed E-state index contributed by atoms with van der Waals surface area (Å²) in [6, 6.07) is 14.3. The number of hydrogen-bond acceptors (Lipinski definition) is 4. The number of alkyl halides is 1. The van der Waals surface area contributed by atoms with Crippen LogP contribution in [0, 0.1) is 0 Å². The lowest BCUT2D eigenvalue weighted by molar-refractivity contribution is 0.230. The van der Waals surface area contributed by atoms with Gasteiger partial charge in [0.25, 0.3) is 0 Å². The summed E-state index contributed by atoms with van der Waals surface area (Å²) in [6.45, 7) is 4.47. The standard InChI is InChI=1S/C9H5Cl2N.C8H16ClN.C8H11NO/c10-6-1-2-7-8(11)3-4-12-9(7)5-6;9-5-4-8-10-6-2-1-3-7-10;9-6-5-7-1-3-8(10)4-2-7/h1-5H;1-8H2;1-4,10H,5-6,9H2. The smallest absolute Gasteiger partial charge is 0.115 e. The second-order valence-electron chi connectivity index (χ2n) is 7.60. The molecule has 1 aliphatic rings. The second-order valence-corrected chi connectivity index (χ2v) is 8.83. The number of nitrogens with two attached hydrogens (primary N) is 1. The Bertz CT molecular complexity index is 916. The van der Waals surface area contributed by atoms with Crippen molar-refractivity contribution in [2.24, 2.45) is 5.73 Å². The van der Waals surface area contributed by atoms with Gasteiger partial charge in [0.15, 0.2) is 0 Å². The van der Waals surface area contributed by atoms with Gasteiger partial charge in [-0.2, -0.15) is 0 Å². The maximum Gasteiger partial charge on any atom is 0.115 e. The number of phenols is 1. The molecule has 1 aromatic heterocycles. The molecular weight excluding hydrogens is 465 g/mol. The first-order valence-electron chi connectivity index (χ1n) is 11.0. The number of halogens is 3. The Balaban J connectivity index is 0.000000171. The molecule has 0 aliphatic carbocycles. The Labute approximate surface area is 206 Å². The van der Waals surface area contributed by atoms with E-state index in [0.717, 1.165) is 29.6 Å². The van der Waals surface area contributed by atoms with E-state index in [2.05, 4.69) is 9.88 Å². The van der Waals surface area contributed by atoms with Gasteiger partial charge in [-0.1, -0.05) is 41.8 Å². The van der Waals surface area contributed by atoms with Gasteiger partial charge in [-0.15, -0.1) is 11.6 Å². The van der Waals surface area contributed by atoms with Gasteiger partial charge in [0, 0.05) is 22.5 Å². The van der Waals surface area contributed by atoms with Gasteiger partial charge in [-0.05, 0) is 93.8 Å². The van der Waals surface area contributed by atoms with E-state index in [1.54, 1.807) is 36.5 Å². The van der Waals surface area contributed by atoms with Crippen LogP contribution in [0.1, 0.15) is 31.2 Å². The molecule has 0 atom stereocenters. The maximum absolute atomic E-state index is 8.89. The quantitative estimate of drug-likeness (QED) is 0.394. The fourth-order valence-corrected chi connectivity index (χ4v) is 3.88. The van der Waals surface area contributed by atoms with E-state index >= 15 is 0 Å². The van der Waals surface area contributed by atoms with Crippen molar-refractivity contribution in [3.8, 4) is 5.75 Å². The molecule has 3 N–H and O–H groups in total. The highest BCUT2D eigenvalue weighted by Crippen LogP contribution is 2.23. The van der Waals surface area contributed by atoms with Crippen molar-refractivity contribution in [2.45, 2.75) is 32.1 Å². The number of rotatable bonds is 5. The van der Waals surface area contributed by atoms with Crippen LogP contribution in [-0.4, -0.2) is 47.0 Å². The zero-order valence-corrected chi connectivity index (χ0v) is 20.6. The van der Waals surface area contributed by atoms with Crippen molar-refractivity contribution >= 4 is 45.7 Å². The molecule has 1 aliphatic heterocycles.